The highest BCUT2D eigenvalue weighted by molar-refractivity contribution is 6.26. The first-order chi connectivity index (χ1) is 22.8. The lowest BCUT2D eigenvalue weighted by Crippen LogP contribution is -1.95. The molecule has 0 aliphatic carbocycles. The van der Waals surface area contributed by atoms with E-state index in [1.54, 1.807) is 0 Å². The lowest BCUT2D eigenvalue weighted by molar-refractivity contribution is 0.672. The molecular weight excluding hydrogens is 564 g/mol. The van der Waals surface area contributed by atoms with E-state index in [0.29, 0.717) is 0 Å². The maximum Gasteiger partial charge on any atom is 0.145 e. The van der Waals surface area contributed by atoms with Crippen LogP contribution in [-0.2, 0) is 0 Å². The van der Waals surface area contributed by atoms with Crippen LogP contribution in [0.3, 0.4) is 0 Å². The highest BCUT2D eigenvalue weighted by Crippen LogP contribution is 2.43. The molecule has 0 unspecified atom stereocenters. The van der Waals surface area contributed by atoms with Crippen molar-refractivity contribution in [3.63, 3.8) is 0 Å². The van der Waals surface area contributed by atoms with Crippen molar-refractivity contribution in [2.45, 2.75) is 0 Å². The van der Waals surface area contributed by atoms with Crippen LogP contribution in [0.4, 0.5) is 0 Å². The summed E-state index contributed by atoms with van der Waals surface area (Å²) in [5, 5.41) is 9.12. The standard InChI is InChI=1S/C42H24N2O2/c1-2-10-25(11-3-1)43-34-21-18-26(24-32(34)40-36(43)23-20-30-28-13-6-9-17-38(28)46-42(30)40)44-33-15-7-4-14-31(33)39-35(44)22-19-29-27-12-5-8-16-37(27)45-41(29)39/h1-24H. The molecule has 0 radical (unpaired) electrons. The van der Waals surface area contributed by atoms with Crippen molar-refractivity contribution in [1.29, 1.82) is 0 Å². The van der Waals surface area contributed by atoms with E-state index in [1.165, 1.54) is 5.39 Å². The fraction of sp³-hybridized carbons (Fsp3) is 0. The maximum absolute atomic E-state index is 6.64. The number of rotatable bonds is 2. The molecule has 4 heterocycles. The molecule has 4 nitrogen and oxygen atoms in total. The van der Waals surface area contributed by atoms with E-state index in [9.17, 15) is 0 Å². The third-order valence-corrected chi connectivity index (χ3v) is 9.71. The molecule has 0 saturated heterocycles. The molecule has 0 fully saturated rings. The number of benzene rings is 7. The second kappa shape index (κ2) is 8.68. The van der Waals surface area contributed by atoms with Gasteiger partial charge in [-0.15, -0.1) is 0 Å². The van der Waals surface area contributed by atoms with E-state index < -0.39 is 0 Å². The molecule has 0 aliphatic rings. The molecule has 11 aromatic rings. The molecule has 0 saturated carbocycles. The van der Waals surface area contributed by atoms with E-state index in [0.717, 1.165) is 93.5 Å². The van der Waals surface area contributed by atoms with Gasteiger partial charge in [0.05, 0.1) is 32.8 Å². The Hall–Kier alpha value is -6.26. The van der Waals surface area contributed by atoms with Crippen molar-refractivity contribution in [1.82, 2.24) is 9.13 Å². The average Bonchev–Trinajstić information content (AvgIpc) is 3.85. The average molecular weight is 589 g/mol. The van der Waals surface area contributed by atoms with E-state index in [1.807, 2.05) is 12.1 Å². The first-order valence-corrected chi connectivity index (χ1v) is 15.6. The molecule has 0 aliphatic heterocycles. The molecule has 214 valence electrons. The smallest absolute Gasteiger partial charge is 0.145 e. The van der Waals surface area contributed by atoms with Gasteiger partial charge in [0.2, 0.25) is 0 Å². The Morgan fingerprint density at radius 2 is 0.826 bits per heavy atom. The zero-order chi connectivity index (χ0) is 29.9. The lowest BCUT2D eigenvalue weighted by Gasteiger charge is -2.10. The van der Waals surface area contributed by atoms with Crippen molar-refractivity contribution in [3.05, 3.63) is 146 Å². The molecule has 0 bridgehead atoms. The number of nitrogens with zero attached hydrogens (tertiary/aromatic N) is 2. The summed E-state index contributed by atoms with van der Waals surface area (Å²) in [4.78, 5) is 0. The van der Waals surface area contributed by atoms with Crippen molar-refractivity contribution in [3.8, 4) is 11.4 Å². The molecule has 7 aromatic carbocycles. The molecule has 0 spiro atoms. The monoisotopic (exact) mass is 588 g/mol. The minimum atomic E-state index is 0.902. The fourth-order valence-corrected chi connectivity index (χ4v) is 7.78. The van der Waals surface area contributed by atoms with Crippen molar-refractivity contribution >= 4 is 87.5 Å². The molecule has 0 amide bonds. The zero-order valence-corrected chi connectivity index (χ0v) is 24.6. The maximum atomic E-state index is 6.64. The molecule has 0 atom stereocenters. The molecule has 0 N–H and O–H groups in total. The summed E-state index contributed by atoms with van der Waals surface area (Å²) < 4.78 is 17.9. The number of para-hydroxylation sites is 4. The Balaban J connectivity index is 1.29. The van der Waals surface area contributed by atoms with E-state index in [4.69, 9.17) is 8.83 Å². The van der Waals surface area contributed by atoms with Gasteiger partial charge in [0, 0.05) is 43.7 Å². The number of hydrogen-bond acceptors (Lipinski definition) is 2. The predicted octanol–water partition coefficient (Wildman–Crippen LogP) is 11.7. The number of fused-ring (bicyclic) bond motifs is 14. The summed E-state index contributed by atoms with van der Waals surface area (Å²) >= 11 is 0. The minimum Gasteiger partial charge on any atom is -0.455 e. The van der Waals surface area contributed by atoms with Crippen LogP contribution in [-0.4, -0.2) is 9.13 Å². The topological polar surface area (TPSA) is 36.1 Å². The van der Waals surface area contributed by atoms with Gasteiger partial charge in [-0.3, -0.25) is 0 Å². The SMILES string of the molecule is c1ccc(-n2c3ccc(-n4c5ccccc5c5c6oc7ccccc7c6ccc54)cc3c3c4oc5ccccc5c4ccc32)cc1. The number of hydrogen-bond donors (Lipinski definition) is 0. The van der Waals surface area contributed by atoms with Crippen LogP contribution in [0.5, 0.6) is 0 Å². The summed E-state index contributed by atoms with van der Waals surface area (Å²) in [5.74, 6) is 0. The largest absolute Gasteiger partial charge is 0.455 e. The van der Waals surface area contributed by atoms with Gasteiger partial charge in [-0.25, -0.2) is 0 Å². The zero-order valence-electron chi connectivity index (χ0n) is 24.6. The normalized spacial score (nSPS) is 12.3. The van der Waals surface area contributed by atoms with Gasteiger partial charge in [0.15, 0.2) is 0 Å². The van der Waals surface area contributed by atoms with E-state index >= 15 is 0 Å². The summed E-state index contributed by atoms with van der Waals surface area (Å²) in [6.45, 7) is 0. The van der Waals surface area contributed by atoms with Crippen LogP contribution in [0.2, 0.25) is 0 Å². The molecule has 46 heavy (non-hydrogen) atoms. The second-order valence-corrected chi connectivity index (χ2v) is 12.1. The van der Waals surface area contributed by atoms with Crippen LogP contribution in [0.25, 0.3) is 98.9 Å². The molecular formula is C42H24N2O2. The van der Waals surface area contributed by atoms with Gasteiger partial charge >= 0.3 is 0 Å². The molecule has 4 heteroatoms. The predicted molar refractivity (Wildman–Crippen MR) is 190 cm³/mol. The van der Waals surface area contributed by atoms with Crippen LogP contribution < -0.4 is 0 Å². The lowest BCUT2D eigenvalue weighted by atomic mass is 10.1. The molecule has 11 rings (SSSR count). The fourth-order valence-electron chi connectivity index (χ4n) is 7.78. The summed E-state index contributed by atoms with van der Waals surface area (Å²) in [7, 11) is 0. The van der Waals surface area contributed by atoms with Gasteiger partial charge in [-0.1, -0.05) is 72.8 Å². The Morgan fingerprint density at radius 1 is 0.326 bits per heavy atom. The Kier molecular flexibility index (Phi) is 4.55. The van der Waals surface area contributed by atoms with Gasteiger partial charge in [-0.2, -0.15) is 0 Å². The van der Waals surface area contributed by atoms with Crippen molar-refractivity contribution in [2.24, 2.45) is 0 Å². The van der Waals surface area contributed by atoms with Crippen LogP contribution in [0.15, 0.2) is 154 Å². The van der Waals surface area contributed by atoms with Crippen molar-refractivity contribution in [2.75, 3.05) is 0 Å². The quantitative estimate of drug-likeness (QED) is 0.201. The highest BCUT2D eigenvalue weighted by Gasteiger charge is 2.22. The summed E-state index contributed by atoms with van der Waals surface area (Å²) in [6, 6.07) is 51.6. The van der Waals surface area contributed by atoms with Crippen LogP contribution >= 0.6 is 0 Å². The van der Waals surface area contributed by atoms with Crippen molar-refractivity contribution < 1.29 is 8.83 Å². The van der Waals surface area contributed by atoms with Crippen LogP contribution in [0.1, 0.15) is 0 Å². The number of furan rings is 2. The Morgan fingerprint density at radius 3 is 1.50 bits per heavy atom. The third-order valence-electron chi connectivity index (χ3n) is 9.71. The van der Waals surface area contributed by atoms with Gasteiger partial charge < -0.3 is 18.0 Å². The second-order valence-electron chi connectivity index (χ2n) is 12.1. The highest BCUT2D eigenvalue weighted by atomic mass is 16.3. The third kappa shape index (κ3) is 3.03. The molecule has 4 aromatic heterocycles. The summed E-state index contributed by atoms with van der Waals surface area (Å²) in [5.41, 5.74) is 10.4. The van der Waals surface area contributed by atoms with Gasteiger partial charge in [-0.05, 0) is 72.8 Å². The first-order valence-electron chi connectivity index (χ1n) is 15.6. The number of aromatic nitrogens is 2. The van der Waals surface area contributed by atoms with Crippen LogP contribution in [0, 0.1) is 0 Å². The Labute approximate surface area is 261 Å². The Bertz CT molecular complexity index is 3020. The van der Waals surface area contributed by atoms with E-state index in [-0.39, 0.29) is 0 Å². The van der Waals surface area contributed by atoms with E-state index in [2.05, 4.69) is 143 Å². The summed E-state index contributed by atoms with van der Waals surface area (Å²) in [6.07, 6.45) is 0. The first kappa shape index (κ1) is 24.1. The minimum absolute atomic E-state index is 0.902. The van der Waals surface area contributed by atoms with Gasteiger partial charge in [0.25, 0.3) is 0 Å². The van der Waals surface area contributed by atoms with Gasteiger partial charge in [0.1, 0.15) is 22.3 Å².